The molecule has 2 unspecified atom stereocenters. The first-order valence-electron chi connectivity index (χ1n) is 6.73. The van der Waals surface area contributed by atoms with Crippen LogP contribution in [0, 0.1) is 5.92 Å². The molecule has 1 aromatic heterocycles. The molecule has 1 aliphatic rings. The molecule has 5 heteroatoms. The van der Waals surface area contributed by atoms with E-state index >= 15 is 0 Å². The second-order valence-electron chi connectivity index (χ2n) is 5.58. The fourth-order valence-electron chi connectivity index (χ4n) is 2.65. The van der Waals surface area contributed by atoms with Crippen molar-refractivity contribution in [1.82, 2.24) is 10.3 Å². The first-order chi connectivity index (χ1) is 8.99. The molecule has 0 aromatic carbocycles. The van der Waals surface area contributed by atoms with Gasteiger partial charge in [0.2, 0.25) is 11.5 Å². The minimum absolute atomic E-state index is 0.0101. The Kier molecular flexibility index (Phi) is 4.04. The number of pyridine rings is 1. The highest BCUT2D eigenvalue weighted by molar-refractivity contribution is 5.80. The van der Waals surface area contributed by atoms with Crippen molar-refractivity contribution in [2.75, 3.05) is 0 Å². The average molecular weight is 263 g/mol. The molecule has 0 spiro atoms. The SMILES string of the molecule is CC1(N)CCCCC1C(=O)NCc1ccc(=O)[nH]c1. The third-order valence-corrected chi connectivity index (χ3v) is 3.89. The predicted molar refractivity (Wildman–Crippen MR) is 73.5 cm³/mol. The molecule has 2 atom stereocenters. The molecule has 2 rings (SSSR count). The Morgan fingerprint density at radius 3 is 2.95 bits per heavy atom. The molecule has 1 aromatic rings. The van der Waals surface area contributed by atoms with Crippen molar-refractivity contribution < 1.29 is 4.79 Å². The summed E-state index contributed by atoms with van der Waals surface area (Å²) in [6, 6.07) is 3.16. The highest BCUT2D eigenvalue weighted by atomic mass is 16.2. The Labute approximate surface area is 112 Å². The van der Waals surface area contributed by atoms with Gasteiger partial charge in [-0.25, -0.2) is 0 Å². The van der Waals surface area contributed by atoms with Gasteiger partial charge in [0, 0.05) is 24.3 Å². The summed E-state index contributed by atoms with van der Waals surface area (Å²) in [6.07, 6.45) is 5.51. The van der Waals surface area contributed by atoms with Crippen LogP contribution >= 0.6 is 0 Å². The molecule has 1 aliphatic carbocycles. The van der Waals surface area contributed by atoms with Crippen LogP contribution in [0.25, 0.3) is 0 Å². The smallest absolute Gasteiger partial charge is 0.247 e. The van der Waals surface area contributed by atoms with Crippen LogP contribution in [0.3, 0.4) is 0 Å². The van der Waals surface area contributed by atoms with E-state index in [4.69, 9.17) is 5.73 Å². The standard InChI is InChI=1S/C14H21N3O2/c1-14(15)7-3-2-4-11(14)13(19)17-9-10-5-6-12(18)16-8-10/h5-6,8,11H,2-4,7,9,15H2,1H3,(H,16,18)(H,17,19). The van der Waals surface area contributed by atoms with Crippen molar-refractivity contribution in [1.29, 1.82) is 0 Å². The number of hydrogen-bond acceptors (Lipinski definition) is 3. The van der Waals surface area contributed by atoms with Crippen molar-refractivity contribution >= 4 is 5.91 Å². The Morgan fingerprint density at radius 1 is 1.53 bits per heavy atom. The molecule has 1 amide bonds. The number of H-pyrrole nitrogens is 1. The quantitative estimate of drug-likeness (QED) is 0.757. The van der Waals surface area contributed by atoms with Gasteiger partial charge in [0.05, 0.1) is 5.92 Å². The summed E-state index contributed by atoms with van der Waals surface area (Å²) in [4.78, 5) is 25.7. The van der Waals surface area contributed by atoms with Crippen LogP contribution in [-0.4, -0.2) is 16.4 Å². The van der Waals surface area contributed by atoms with Crippen molar-refractivity contribution in [2.45, 2.75) is 44.7 Å². The Bertz CT molecular complexity index is 487. The number of carbonyl (C=O) groups excluding carboxylic acids is 1. The van der Waals surface area contributed by atoms with Crippen LogP contribution < -0.4 is 16.6 Å². The van der Waals surface area contributed by atoms with Gasteiger partial charge in [-0.05, 0) is 25.3 Å². The van der Waals surface area contributed by atoms with Crippen molar-refractivity contribution in [3.8, 4) is 0 Å². The number of aromatic nitrogens is 1. The summed E-state index contributed by atoms with van der Waals surface area (Å²) < 4.78 is 0. The van der Waals surface area contributed by atoms with E-state index in [-0.39, 0.29) is 17.4 Å². The van der Waals surface area contributed by atoms with Crippen molar-refractivity contribution in [3.63, 3.8) is 0 Å². The Hall–Kier alpha value is -1.62. The zero-order valence-corrected chi connectivity index (χ0v) is 11.2. The molecule has 0 radical (unpaired) electrons. The van der Waals surface area contributed by atoms with E-state index in [1.165, 1.54) is 6.07 Å². The minimum atomic E-state index is -0.409. The van der Waals surface area contributed by atoms with E-state index < -0.39 is 5.54 Å². The van der Waals surface area contributed by atoms with E-state index in [9.17, 15) is 9.59 Å². The normalized spacial score (nSPS) is 26.9. The molecule has 1 saturated carbocycles. The number of amides is 1. The average Bonchev–Trinajstić information content (AvgIpc) is 2.37. The van der Waals surface area contributed by atoms with Crippen LogP contribution in [0.15, 0.2) is 23.1 Å². The third-order valence-electron chi connectivity index (χ3n) is 3.89. The van der Waals surface area contributed by atoms with E-state index in [0.717, 1.165) is 31.2 Å². The fraction of sp³-hybridized carbons (Fsp3) is 0.571. The van der Waals surface area contributed by atoms with Crippen LogP contribution in [0.2, 0.25) is 0 Å². The van der Waals surface area contributed by atoms with Crippen LogP contribution in [0.1, 0.15) is 38.2 Å². The summed E-state index contributed by atoms with van der Waals surface area (Å²) in [5.41, 5.74) is 6.53. The summed E-state index contributed by atoms with van der Waals surface area (Å²) in [5.74, 6) is -0.111. The number of aromatic amines is 1. The molecule has 0 saturated heterocycles. The topological polar surface area (TPSA) is 88.0 Å². The Balaban J connectivity index is 1.93. The molecule has 1 heterocycles. The lowest BCUT2D eigenvalue weighted by molar-refractivity contribution is -0.128. The molecular weight excluding hydrogens is 242 g/mol. The molecule has 19 heavy (non-hydrogen) atoms. The van der Waals surface area contributed by atoms with Gasteiger partial charge in [-0.15, -0.1) is 0 Å². The number of nitrogens with one attached hydrogen (secondary N) is 2. The van der Waals surface area contributed by atoms with E-state index in [0.29, 0.717) is 6.54 Å². The van der Waals surface area contributed by atoms with Crippen LogP contribution in [0.4, 0.5) is 0 Å². The number of rotatable bonds is 3. The second-order valence-corrected chi connectivity index (χ2v) is 5.58. The molecule has 5 nitrogen and oxygen atoms in total. The van der Waals surface area contributed by atoms with Crippen LogP contribution in [-0.2, 0) is 11.3 Å². The van der Waals surface area contributed by atoms with Gasteiger partial charge < -0.3 is 16.0 Å². The Morgan fingerprint density at radius 2 is 2.32 bits per heavy atom. The molecule has 1 fully saturated rings. The monoisotopic (exact) mass is 263 g/mol. The molecule has 0 bridgehead atoms. The number of carbonyl (C=O) groups is 1. The van der Waals surface area contributed by atoms with Gasteiger partial charge in [-0.2, -0.15) is 0 Å². The summed E-state index contributed by atoms with van der Waals surface area (Å²) in [6.45, 7) is 2.37. The van der Waals surface area contributed by atoms with Gasteiger partial charge in [-0.3, -0.25) is 9.59 Å². The van der Waals surface area contributed by atoms with Crippen molar-refractivity contribution in [2.24, 2.45) is 11.7 Å². The van der Waals surface area contributed by atoms with Gasteiger partial charge in [-0.1, -0.05) is 18.9 Å². The van der Waals surface area contributed by atoms with E-state index in [1.807, 2.05) is 6.92 Å². The molecule has 104 valence electrons. The van der Waals surface area contributed by atoms with E-state index in [2.05, 4.69) is 10.3 Å². The highest BCUT2D eigenvalue weighted by Gasteiger charge is 2.37. The summed E-state index contributed by atoms with van der Waals surface area (Å²) in [7, 11) is 0. The maximum absolute atomic E-state index is 12.2. The van der Waals surface area contributed by atoms with Gasteiger partial charge in [0.1, 0.15) is 0 Å². The lowest BCUT2D eigenvalue weighted by Gasteiger charge is -2.37. The largest absolute Gasteiger partial charge is 0.352 e. The lowest BCUT2D eigenvalue weighted by atomic mass is 9.74. The molecule has 0 aliphatic heterocycles. The molecular formula is C14H21N3O2. The highest BCUT2D eigenvalue weighted by Crippen LogP contribution is 2.31. The molecule has 4 N–H and O–H groups in total. The first-order valence-corrected chi connectivity index (χ1v) is 6.73. The predicted octanol–water partition coefficient (Wildman–Crippen LogP) is 0.899. The second kappa shape index (κ2) is 5.57. The fourth-order valence-corrected chi connectivity index (χ4v) is 2.65. The maximum Gasteiger partial charge on any atom is 0.247 e. The summed E-state index contributed by atoms with van der Waals surface area (Å²) >= 11 is 0. The van der Waals surface area contributed by atoms with E-state index in [1.54, 1.807) is 12.3 Å². The minimum Gasteiger partial charge on any atom is -0.352 e. The summed E-state index contributed by atoms with van der Waals surface area (Å²) in [5, 5.41) is 2.90. The number of nitrogens with two attached hydrogens (primary N) is 1. The number of hydrogen-bond donors (Lipinski definition) is 3. The maximum atomic E-state index is 12.2. The van der Waals surface area contributed by atoms with Gasteiger partial charge in [0.15, 0.2) is 0 Å². The first kappa shape index (κ1) is 13.8. The zero-order valence-electron chi connectivity index (χ0n) is 11.2. The zero-order chi connectivity index (χ0) is 13.9. The van der Waals surface area contributed by atoms with Crippen LogP contribution in [0.5, 0.6) is 0 Å². The van der Waals surface area contributed by atoms with Crippen molar-refractivity contribution in [3.05, 3.63) is 34.2 Å². The third kappa shape index (κ3) is 3.44. The lowest BCUT2D eigenvalue weighted by Crippen LogP contribution is -2.52. The van der Waals surface area contributed by atoms with Gasteiger partial charge >= 0.3 is 0 Å². The van der Waals surface area contributed by atoms with Gasteiger partial charge in [0.25, 0.3) is 0 Å².